The highest BCUT2D eigenvalue weighted by Crippen LogP contribution is 2.21. The van der Waals surface area contributed by atoms with Crippen LogP contribution in [-0.4, -0.2) is 42.5 Å². The molecule has 1 rings (SSSR count). The van der Waals surface area contributed by atoms with E-state index in [0.717, 1.165) is 25.8 Å². The van der Waals surface area contributed by atoms with Gasteiger partial charge in [-0.2, -0.15) is 0 Å². The van der Waals surface area contributed by atoms with Crippen molar-refractivity contribution in [3.05, 3.63) is 0 Å². The Kier molecular flexibility index (Phi) is 6.12. The van der Waals surface area contributed by atoms with Crippen LogP contribution in [0.3, 0.4) is 0 Å². The first kappa shape index (κ1) is 15.0. The molecule has 0 bridgehead atoms. The van der Waals surface area contributed by atoms with Crippen molar-refractivity contribution < 1.29 is 14.3 Å². The van der Waals surface area contributed by atoms with Gasteiger partial charge in [0.05, 0.1) is 13.5 Å². The Morgan fingerprint density at radius 2 is 2.17 bits per heavy atom. The largest absolute Gasteiger partial charge is 0.469 e. The van der Waals surface area contributed by atoms with Crippen LogP contribution in [0.4, 0.5) is 0 Å². The maximum atomic E-state index is 12.1. The van der Waals surface area contributed by atoms with Gasteiger partial charge in [-0.3, -0.25) is 9.59 Å². The average molecular weight is 256 g/mol. The summed E-state index contributed by atoms with van der Waals surface area (Å²) < 4.78 is 4.68. The summed E-state index contributed by atoms with van der Waals surface area (Å²) in [5.74, 6) is -0.132. The lowest BCUT2D eigenvalue weighted by Crippen LogP contribution is -2.45. The topological polar surface area (TPSA) is 72.6 Å². The fraction of sp³-hybridized carbons (Fsp3) is 0.846. The lowest BCUT2D eigenvalue weighted by atomic mass is 9.98. The molecule has 1 amide bonds. The van der Waals surface area contributed by atoms with Gasteiger partial charge in [0, 0.05) is 25.0 Å². The highest BCUT2D eigenvalue weighted by Gasteiger charge is 2.28. The summed E-state index contributed by atoms with van der Waals surface area (Å²) in [5.41, 5.74) is 5.66. The third-order valence-electron chi connectivity index (χ3n) is 3.39. The van der Waals surface area contributed by atoms with Gasteiger partial charge in [-0.15, -0.1) is 0 Å². The quantitative estimate of drug-likeness (QED) is 0.746. The number of amides is 1. The van der Waals surface area contributed by atoms with Gasteiger partial charge in [-0.05, 0) is 32.6 Å². The Bertz CT molecular complexity index is 292. The molecular formula is C13H24N2O3. The van der Waals surface area contributed by atoms with Crippen LogP contribution in [0.5, 0.6) is 0 Å². The Hall–Kier alpha value is -1.10. The number of carbonyl (C=O) groups excluding carboxylic acids is 2. The molecule has 0 aliphatic carbocycles. The van der Waals surface area contributed by atoms with Gasteiger partial charge in [0.2, 0.25) is 5.91 Å². The van der Waals surface area contributed by atoms with Crippen molar-refractivity contribution in [2.75, 3.05) is 13.7 Å². The zero-order valence-corrected chi connectivity index (χ0v) is 11.4. The van der Waals surface area contributed by atoms with Gasteiger partial charge in [0.25, 0.3) is 0 Å². The van der Waals surface area contributed by atoms with Gasteiger partial charge in [0.1, 0.15) is 0 Å². The summed E-state index contributed by atoms with van der Waals surface area (Å²) in [6.07, 6.45) is 4.44. The first-order chi connectivity index (χ1) is 8.54. The summed E-state index contributed by atoms with van der Waals surface area (Å²) in [6, 6.07) is 0.0459. The molecule has 1 saturated heterocycles. The predicted octanol–water partition coefficient (Wildman–Crippen LogP) is 1.06. The number of methoxy groups -OCH3 is 1. The normalized spacial score (nSPS) is 21.5. The van der Waals surface area contributed by atoms with Crippen molar-refractivity contribution in [2.45, 2.75) is 57.5 Å². The van der Waals surface area contributed by atoms with Crippen molar-refractivity contribution in [1.82, 2.24) is 4.90 Å². The third kappa shape index (κ3) is 4.64. The maximum Gasteiger partial charge on any atom is 0.307 e. The molecule has 5 heteroatoms. The summed E-state index contributed by atoms with van der Waals surface area (Å²) in [5, 5.41) is 0. The smallest absolute Gasteiger partial charge is 0.307 e. The molecule has 2 atom stereocenters. The first-order valence-corrected chi connectivity index (χ1v) is 6.66. The molecule has 0 saturated carbocycles. The summed E-state index contributed by atoms with van der Waals surface area (Å²) in [4.78, 5) is 25.3. The van der Waals surface area contributed by atoms with Crippen LogP contribution in [-0.2, 0) is 14.3 Å². The van der Waals surface area contributed by atoms with E-state index in [9.17, 15) is 9.59 Å². The van der Waals surface area contributed by atoms with Crippen molar-refractivity contribution in [2.24, 2.45) is 5.73 Å². The van der Waals surface area contributed by atoms with Crippen LogP contribution in [0.2, 0.25) is 0 Å². The molecule has 2 unspecified atom stereocenters. The second-order valence-corrected chi connectivity index (χ2v) is 5.03. The minimum Gasteiger partial charge on any atom is -0.469 e. The molecule has 1 aliphatic rings. The minimum atomic E-state index is -0.244. The Morgan fingerprint density at radius 1 is 1.44 bits per heavy atom. The molecule has 1 aliphatic heterocycles. The number of nitrogens with two attached hydrogens (primary N) is 1. The number of rotatable bonds is 5. The predicted molar refractivity (Wildman–Crippen MR) is 68.9 cm³/mol. The standard InChI is InChI=1S/C13H24N2O3/c1-10(14)6-7-12(16)15-8-4-3-5-11(15)9-13(17)18-2/h10-11H,3-9,14H2,1-2H3. The summed E-state index contributed by atoms with van der Waals surface area (Å²) >= 11 is 0. The van der Waals surface area contributed by atoms with Crippen LogP contribution in [0.25, 0.3) is 0 Å². The Labute approximate surface area is 109 Å². The van der Waals surface area contributed by atoms with Crippen molar-refractivity contribution >= 4 is 11.9 Å². The monoisotopic (exact) mass is 256 g/mol. The van der Waals surface area contributed by atoms with E-state index in [4.69, 9.17) is 5.73 Å². The second kappa shape index (κ2) is 7.36. The molecule has 104 valence electrons. The van der Waals surface area contributed by atoms with Gasteiger partial charge < -0.3 is 15.4 Å². The maximum absolute atomic E-state index is 12.1. The van der Waals surface area contributed by atoms with Gasteiger partial charge in [-0.1, -0.05) is 0 Å². The Balaban J connectivity index is 2.52. The zero-order valence-electron chi connectivity index (χ0n) is 11.4. The van der Waals surface area contributed by atoms with E-state index in [1.165, 1.54) is 7.11 Å². The summed E-state index contributed by atoms with van der Waals surface area (Å²) in [6.45, 7) is 2.65. The van der Waals surface area contributed by atoms with E-state index in [1.807, 2.05) is 11.8 Å². The van der Waals surface area contributed by atoms with Gasteiger partial charge in [-0.25, -0.2) is 0 Å². The van der Waals surface area contributed by atoms with Crippen molar-refractivity contribution in [3.8, 4) is 0 Å². The number of hydrogen-bond donors (Lipinski definition) is 1. The van der Waals surface area contributed by atoms with Gasteiger partial charge >= 0.3 is 5.97 Å². The molecule has 0 aromatic carbocycles. The number of hydrogen-bond acceptors (Lipinski definition) is 4. The van der Waals surface area contributed by atoms with Gasteiger partial charge in [0.15, 0.2) is 0 Å². The van der Waals surface area contributed by atoms with Crippen LogP contribution in [0, 0.1) is 0 Å². The first-order valence-electron chi connectivity index (χ1n) is 6.66. The molecule has 1 heterocycles. The molecular weight excluding hydrogens is 232 g/mol. The third-order valence-corrected chi connectivity index (χ3v) is 3.39. The van der Waals surface area contributed by atoms with Crippen LogP contribution in [0.1, 0.15) is 45.4 Å². The summed E-state index contributed by atoms with van der Waals surface area (Å²) in [7, 11) is 1.38. The molecule has 18 heavy (non-hydrogen) atoms. The van der Waals surface area contributed by atoms with E-state index < -0.39 is 0 Å². The molecule has 0 aromatic heterocycles. The number of piperidine rings is 1. The van der Waals surface area contributed by atoms with Crippen LogP contribution in [0.15, 0.2) is 0 Å². The average Bonchev–Trinajstić information content (AvgIpc) is 2.36. The SMILES string of the molecule is COC(=O)CC1CCCCN1C(=O)CCC(C)N. The fourth-order valence-electron chi connectivity index (χ4n) is 2.31. The molecule has 0 spiro atoms. The highest BCUT2D eigenvalue weighted by atomic mass is 16.5. The van der Waals surface area contributed by atoms with Crippen LogP contribution >= 0.6 is 0 Å². The molecule has 0 aromatic rings. The fourth-order valence-corrected chi connectivity index (χ4v) is 2.31. The number of likely N-dealkylation sites (tertiary alicyclic amines) is 1. The number of ether oxygens (including phenoxy) is 1. The number of carbonyl (C=O) groups is 2. The molecule has 5 nitrogen and oxygen atoms in total. The van der Waals surface area contributed by atoms with Crippen molar-refractivity contribution in [3.63, 3.8) is 0 Å². The van der Waals surface area contributed by atoms with E-state index in [1.54, 1.807) is 0 Å². The zero-order chi connectivity index (χ0) is 13.5. The van der Waals surface area contributed by atoms with E-state index in [0.29, 0.717) is 19.3 Å². The number of esters is 1. The van der Waals surface area contributed by atoms with E-state index in [2.05, 4.69) is 4.74 Å². The minimum absolute atomic E-state index is 0.00628. The molecule has 0 radical (unpaired) electrons. The highest BCUT2D eigenvalue weighted by molar-refractivity contribution is 5.78. The van der Waals surface area contributed by atoms with E-state index in [-0.39, 0.29) is 24.0 Å². The van der Waals surface area contributed by atoms with Crippen LogP contribution < -0.4 is 5.73 Å². The second-order valence-electron chi connectivity index (χ2n) is 5.03. The van der Waals surface area contributed by atoms with E-state index >= 15 is 0 Å². The Morgan fingerprint density at radius 3 is 2.78 bits per heavy atom. The number of nitrogens with zero attached hydrogens (tertiary/aromatic N) is 1. The lowest BCUT2D eigenvalue weighted by Gasteiger charge is -2.35. The molecule has 2 N–H and O–H groups in total. The lowest BCUT2D eigenvalue weighted by molar-refractivity contribution is -0.144. The van der Waals surface area contributed by atoms with Crippen molar-refractivity contribution in [1.29, 1.82) is 0 Å². The molecule has 1 fully saturated rings.